The second kappa shape index (κ2) is 4.86. The minimum absolute atomic E-state index is 0.218. The van der Waals surface area contributed by atoms with Crippen LogP contribution in [-0.2, 0) is 6.18 Å². The highest BCUT2D eigenvalue weighted by Crippen LogP contribution is 2.36. The highest BCUT2D eigenvalue weighted by Gasteiger charge is 2.35. The van der Waals surface area contributed by atoms with Crippen LogP contribution in [-0.4, -0.2) is 26.7 Å². The van der Waals surface area contributed by atoms with E-state index in [1.807, 2.05) is 0 Å². The van der Waals surface area contributed by atoms with Crippen LogP contribution < -0.4 is 10.5 Å². The van der Waals surface area contributed by atoms with E-state index in [9.17, 15) is 13.2 Å². The zero-order chi connectivity index (χ0) is 15.9. The molecule has 0 radical (unpaired) electrons. The average Bonchev–Trinajstić information content (AvgIpc) is 2.84. The van der Waals surface area contributed by atoms with Gasteiger partial charge in [0.15, 0.2) is 5.65 Å². The van der Waals surface area contributed by atoms with Crippen molar-refractivity contribution in [2.75, 3.05) is 12.8 Å². The van der Waals surface area contributed by atoms with E-state index in [1.165, 1.54) is 22.8 Å². The van der Waals surface area contributed by atoms with Gasteiger partial charge in [-0.1, -0.05) is 0 Å². The van der Waals surface area contributed by atoms with Gasteiger partial charge in [0.25, 0.3) is 0 Å². The lowest BCUT2D eigenvalue weighted by Gasteiger charge is -2.12. The second-order valence-corrected chi connectivity index (χ2v) is 4.46. The Labute approximate surface area is 122 Å². The zero-order valence-electron chi connectivity index (χ0n) is 11.3. The van der Waals surface area contributed by atoms with E-state index in [4.69, 9.17) is 5.73 Å². The largest absolute Gasteiger partial charge is 0.481 e. The number of ether oxygens (including phenoxy) is 1. The molecular formula is C13H10F3N5O. The molecule has 0 atom stereocenters. The summed E-state index contributed by atoms with van der Waals surface area (Å²) in [5.74, 6) is -0.209. The Balaban J connectivity index is 2.13. The smallest absolute Gasteiger partial charge is 0.421 e. The predicted octanol–water partition coefficient (Wildman–Crippen LogP) is 2.40. The van der Waals surface area contributed by atoms with E-state index in [0.717, 1.165) is 13.2 Å². The first-order valence-electron chi connectivity index (χ1n) is 6.12. The van der Waals surface area contributed by atoms with Crippen LogP contribution in [0.4, 0.5) is 19.0 Å². The minimum Gasteiger partial charge on any atom is -0.481 e. The normalized spacial score (nSPS) is 11.8. The Kier molecular flexibility index (Phi) is 3.12. The summed E-state index contributed by atoms with van der Waals surface area (Å²) in [7, 11) is 1.14. The molecule has 6 nitrogen and oxygen atoms in total. The van der Waals surface area contributed by atoms with E-state index in [2.05, 4.69) is 19.8 Å². The molecule has 0 aliphatic rings. The van der Waals surface area contributed by atoms with E-state index in [1.54, 1.807) is 6.20 Å². The molecule has 3 aromatic heterocycles. The average molecular weight is 309 g/mol. The first-order chi connectivity index (χ1) is 10.4. The summed E-state index contributed by atoms with van der Waals surface area (Å²) in [5.41, 5.74) is 5.57. The van der Waals surface area contributed by atoms with Crippen molar-refractivity contribution in [3.05, 3.63) is 36.2 Å². The van der Waals surface area contributed by atoms with Crippen LogP contribution in [0.2, 0.25) is 0 Å². The van der Waals surface area contributed by atoms with Crippen LogP contribution in [0.1, 0.15) is 5.56 Å². The van der Waals surface area contributed by atoms with E-state index in [0.29, 0.717) is 11.3 Å². The van der Waals surface area contributed by atoms with Gasteiger partial charge in [-0.25, -0.2) is 14.5 Å². The van der Waals surface area contributed by atoms with Crippen molar-refractivity contribution in [2.45, 2.75) is 6.18 Å². The van der Waals surface area contributed by atoms with Gasteiger partial charge < -0.3 is 10.5 Å². The summed E-state index contributed by atoms with van der Waals surface area (Å²) < 4.78 is 45.1. The number of aromatic nitrogens is 4. The fourth-order valence-corrected chi connectivity index (χ4v) is 2.02. The molecule has 0 aromatic carbocycles. The van der Waals surface area contributed by atoms with Crippen molar-refractivity contribution in [1.82, 2.24) is 19.6 Å². The quantitative estimate of drug-likeness (QED) is 0.786. The highest BCUT2D eigenvalue weighted by atomic mass is 19.4. The lowest BCUT2D eigenvalue weighted by Crippen LogP contribution is -2.09. The molecule has 114 valence electrons. The minimum atomic E-state index is -4.57. The number of anilines is 1. The van der Waals surface area contributed by atoms with Crippen molar-refractivity contribution in [3.8, 4) is 17.1 Å². The third-order valence-corrected chi connectivity index (χ3v) is 2.99. The maximum absolute atomic E-state index is 13.0. The number of nitrogen functional groups attached to an aromatic ring is 1. The van der Waals surface area contributed by atoms with Gasteiger partial charge in [0, 0.05) is 24.0 Å². The Morgan fingerprint density at radius 2 is 2.05 bits per heavy atom. The molecule has 0 unspecified atom stereocenters. The van der Waals surface area contributed by atoms with Gasteiger partial charge in [-0.3, -0.25) is 0 Å². The molecule has 3 aromatic rings. The van der Waals surface area contributed by atoms with Gasteiger partial charge in [-0.05, 0) is 12.1 Å². The molecule has 22 heavy (non-hydrogen) atoms. The molecule has 0 aliphatic heterocycles. The van der Waals surface area contributed by atoms with Crippen LogP contribution in [0.25, 0.3) is 16.9 Å². The molecule has 0 saturated heterocycles. The van der Waals surface area contributed by atoms with E-state index >= 15 is 0 Å². The van der Waals surface area contributed by atoms with Crippen molar-refractivity contribution >= 4 is 11.5 Å². The van der Waals surface area contributed by atoms with Gasteiger partial charge in [-0.15, -0.1) is 5.10 Å². The molecule has 3 rings (SSSR count). The number of alkyl halides is 3. The highest BCUT2D eigenvalue weighted by molar-refractivity contribution is 5.63. The number of rotatable bonds is 2. The SMILES string of the molecule is COc1ncc(-c2ccn3nc(N)cc3n2)cc1C(F)(F)F. The van der Waals surface area contributed by atoms with Crippen LogP contribution in [0, 0.1) is 0 Å². The summed E-state index contributed by atoms with van der Waals surface area (Å²) in [5, 5.41) is 3.95. The van der Waals surface area contributed by atoms with Crippen molar-refractivity contribution < 1.29 is 17.9 Å². The molecule has 0 amide bonds. The fourth-order valence-electron chi connectivity index (χ4n) is 2.02. The summed E-state index contributed by atoms with van der Waals surface area (Å²) in [6.45, 7) is 0. The van der Waals surface area contributed by atoms with Crippen molar-refractivity contribution in [1.29, 1.82) is 0 Å². The van der Waals surface area contributed by atoms with Gasteiger partial charge >= 0.3 is 6.18 Å². The Hall–Kier alpha value is -2.84. The Morgan fingerprint density at radius 1 is 1.27 bits per heavy atom. The van der Waals surface area contributed by atoms with E-state index < -0.39 is 17.6 Å². The third kappa shape index (κ3) is 2.41. The van der Waals surface area contributed by atoms with Gasteiger partial charge in [0.1, 0.15) is 11.4 Å². The van der Waals surface area contributed by atoms with Gasteiger partial charge in [-0.2, -0.15) is 13.2 Å². The molecule has 0 aliphatic carbocycles. The molecule has 3 heterocycles. The van der Waals surface area contributed by atoms with Crippen LogP contribution >= 0.6 is 0 Å². The predicted molar refractivity (Wildman–Crippen MR) is 72.2 cm³/mol. The van der Waals surface area contributed by atoms with E-state index in [-0.39, 0.29) is 11.4 Å². The number of pyridine rings is 1. The van der Waals surface area contributed by atoms with Gasteiger partial charge in [0.05, 0.1) is 12.8 Å². The molecule has 9 heteroatoms. The standard InChI is InChI=1S/C13H10F3N5O/c1-22-12-8(13(14,15)16)4-7(6-18-12)9-2-3-21-11(19-9)5-10(17)20-21/h2-6H,1H3,(H2,17,20). The fraction of sp³-hybridized carbons (Fsp3) is 0.154. The number of nitrogens with two attached hydrogens (primary N) is 1. The third-order valence-electron chi connectivity index (χ3n) is 2.99. The maximum Gasteiger partial charge on any atom is 0.421 e. The summed E-state index contributed by atoms with van der Waals surface area (Å²) in [6, 6.07) is 4.00. The number of fused-ring (bicyclic) bond motifs is 1. The lowest BCUT2D eigenvalue weighted by molar-refractivity contribution is -0.139. The monoisotopic (exact) mass is 309 g/mol. The Morgan fingerprint density at radius 3 is 2.73 bits per heavy atom. The first-order valence-corrected chi connectivity index (χ1v) is 6.12. The summed E-state index contributed by atoms with van der Waals surface area (Å²) in [4.78, 5) is 7.91. The molecule has 0 bridgehead atoms. The molecular weight excluding hydrogens is 299 g/mol. The Bertz CT molecular complexity index is 843. The number of nitrogens with zero attached hydrogens (tertiary/aromatic N) is 4. The summed E-state index contributed by atoms with van der Waals surface area (Å²) >= 11 is 0. The number of halogens is 3. The number of hydrogen-bond donors (Lipinski definition) is 1. The van der Waals surface area contributed by atoms with Crippen LogP contribution in [0.3, 0.4) is 0 Å². The lowest BCUT2D eigenvalue weighted by atomic mass is 10.1. The number of methoxy groups -OCH3 is 1. The first kappa shape index (κ1) is 14.1. The maximum atomic E-state index is 13.0. The molecule has 0 fully saturated rings. The molecule has 2 N–H and O–H groups in total. The second-order valence-electron chi connectivity index (χ2n) is 4.46. The molecule has 0 saturated carbocycles. The van der Waals surface area contributed by atoms with Gasteiger partial charge in [0.2, 0.25) is 5.88 Å². The van der Waals surface area contributed by atoms with Crippen molar-refractivity contribution in [2.24, 2.45) is 0 Å². The van der Waals surface area contributed by atoms with Crippen LogP contribution in [0.15, 0.2) is 30.6 Å². The summed E-state index contributed by atoms with van der Waals surface area (Å²) in [6.07, 6.45) is -1.74. The zero-order valence-corrected chi connectivity index (χ0v) is 11.3. The van der Waals surface area contributed by atoms with Crippen molar-refractivity contribution in [3.63, 3.8) is 0 Å². The molecule has 0 spiro atoms. The topological polar surface area (TPSA) is 78.3 Å². The number of hydrogen-bond acceptors (Lipinski definition) is 5. The van der Waals surface area contributed by atoms with Crippen LogP contribution in [0.5, 0.6) is 5.88 Å².